The van der Waals surface area contributed by atoms with Crippen LogP contribution in [0.5, 0.6) is 0 Å². The molecule has 2 heterocycles. The van der Waals surface area contributed by atoms with E-state index in [-0.39, 0.29) is 11.9 Å². The molecule has 1 aromatic rings. The van der Waals surface area contributed by atoms with Gasteiger partial charge in [0.1, 0.15) is 0 Å². The number of hydrogen-bond donors (Lipinski definition) is 0. The van der Waals surface area contributed by atoms with Crippen LogP contribution in [0.15, 0.2) is 24.3 Å². The van der Waals surface area contributed by atoms with Crippen molar-refractivity contribution in [1.29, 1.82) is 0 Å². The number of anilines is 1. The van der Waals surface area contributed by atoms with Crippen molar-refractivity contribution in [3.8, 4) is 0 Å². The van der Waals surface area contributed by atoms with Crippen molar-refractivity contribution < 1.29 is 9.53 Å². The summed E-state index contributed by atoms with van der Waals surface area (Å²) in [6.07, 6.45) is 2.13. The van der Waals surface area contributed by atoms with E-state index in [4.69, 9.17) is 4.74 Å². The third-order valence-corrected chi connectivity index (χ3v) is 5.44. The molecule has 1 amide bonds. The van der Waals surface area contributed by atoms with Gasteiger partial charge < -0.3 is 9.64 Å². The summed E-state index contributed by atoms with van der Waals surface area (Å²) in [4.78, 5) is 19.9. The van der Waals surface area contributed by atoms with Gasteiger partial charge in [0.05, 0.1) is 12.6 Å². The Balaban J connectivity index is 1.55. The summed E-state index contributed by atoms with van der Waals surface area (Å²) >= 11 is 0. The van der Waals surface area contributed by atoms with Crippen LogP contribution in [-0.4, -0.2) is 74.2 Å². The topological polar surface area (TPSA) is 36.0 Å². The summed E-state index contributed by atoms with van der Waals surface area (Å²) < 4.78 is 5.45. The molecule has 5 nitrogen and oxygen atoms in total. The summed E-state index contributed by atoms with van der Waals surface area (Å²) in [5, 5.41) is 0. The minimum Gasteiger partial charge on any atom is -0.380 e. The SMILES string of the molecule is CCOCCN1CCN(C(C)C(=O)N2CCCc3ccccc32)CC1. The van der Waals surface area contributed by atoms with Crippen molar-refractivity contribution >= 4 is 11.6 Å². The fourth-order valence-corrected chi connectivity index (χ4v) is 3.86. The molecule has 1 atom stereocenters. The maximum absolute atomic E-state index is 13.1. The van der Waals surface area contributed by atoms with Gasteiger partial charge in [0.2, 0.25) is 5.91 Å². The zero-order chi connectivity index (χ0) is 17.6. The minimum absolute atomic E-state index is 0.0554. The van der Waals surface area contributed by atoms with Crippen LogP contribution in [0.3, 0.4) is 0 Å². The number of carbonyl (C=O) groups is 1. The van der Waals surface area contributed by atoms with Crippen LogP contribution >= 0.6 is 0 Å². The Kier molecular flexibility index (Phi) is 6.45. The normalized spacial score (nSPS) is 20.3. The van der Waals surface area contributed by atoms with Gasteiger partial charge in [-0.25, -0.2) is 0 Å². The number of para-hydroxylation sites is 1. The molecule has 1 unspecified atom stereocenters. The molecule has 0 spiro atoms. The number of nitrogens with zero attached hydrogens (tertiary/aromatic N) is 3. The van der Waals surface area contributed by atoms with Gasteiger partial charge >= 0.3 is 0 Å². The number of fused-ring (bicyclic) bond motifs is 1. The van der Waals surface area contributed by atoms with E-state index in [0.717, 1.165) is 71.0 Å². The quantitative estimate of drug-likeness (QED) is 0.739. The van der Waals surface area contributed by atoms with Crippen molar-refractivity contribution in [3.05, 3.63) is 29.8 Å². The fraction of sp³-hybridized carbons (Fsp3) is 0.650. The van der Waals surface area contributed by atoms with E-state index >= 15 is 0 Å². The van der Waals surface area contributed by atoms with Crippen LogP contribution < -0.4 is 4.90 Å². The highest BCUT2D eigenvalue weighted by atomic mass is 16.5. The average Bonchev–Trinajstić information content (AvgIpc) is 2.67. The molecule has 0 bridgehead atoms. The summed E-state index contributed by atoms with van der Waals surface area (Å²) in [7, 11) is 0. The molecule has 1 fully saturated rings. The summed E-state index contributed by atoms with van der Waals surface area (Å²) in [6.45, 7) is 11.4. The lowest BCUT2D eigenvalue weighted by Crippen LogP contribution is -2.55. The monoisotopic (exact) mass is 345 g/mol. The van der Waals surface area contributed by atoms with Crippen LogP contribution in [0, 0.1) is 0 Å². The Hall–Kier alpha value is -1.43. The first-order valence-corrected chi connectivity index (χ1v) is 9.64. The molecule has 0 aromatic heterocycles. The van der Waals surface area contributed by atoms with Gasteiger partial charge in [0.15, 0.2) is 0 Å². The van der Waals surface area contributed by atoms with Gasteiger partial charge in [-0.05, 0) is 38.3 Å². The maximum atomic E-state index is 13.1. The lowest BCUT2D eigenvalue weighted by atomic mass is 10.0. The zero-order valence-electron chi connectivity index (χ0n) is 15.6. The van der Waals surface area contributed by atoms with E-state index in [1.165, 1.54) is 5.56 Å². The van der Waals surface area contributed by atoms with Crippen LogP contribution in [-0.2, 0) is 16.0 Å². The number of rotatable bonds is 6. The Labute approximate surface area is 151 Å². The van der Waals surface area contributed by atoms with Crippen molar-refractivity contribution in [2.45, 2.75) is 32.7 Å². The molecule has 0 saturated carbocycles. The van der Waals surface area contributed by atoms with Gasteiger partial charge in [0.25, 0.3) is 0 Å². The first-order valence-electron chi connectivity index (χ1n) is 9.64. The molecular formula is C20H31N3O2. The van der Waals surface area contributed by atoms with E-state index in [1.54, 1.807) is 0 Å². The number of benzene rings is 1. The molecule has 2 aliphatic rings. The second-order valence-corrected chi connectivity index (χ2v) is 6.97. The van der Waals surface area contributed by atoms with Crippen molar-refractivity contribution in [2.75, 3.05) is 57.4 Å². The smallest absolute Gasteiger partial charge is 0.244 e. The largest absolute Gasteiger partial charge is 0.380 e. The molecule has 0 aliphatic carbocycles. The zero-order valence-corrected chi connectivity index (χ0v) is 15.6. The molecule has 1 aromatic carbocycles. The van der Waals surface area contributed by atoms with Gasteiger partial charge in [-0.2, -0.15) is 0 Å². The molecule has 3 rings (SSSR count). The third kappa shape index (κ3) is 4.40. The molecule has 25 heavy (non-hydrogen) atoms. The second kappa shape index (κ2) is 8.79. The number of carbonyl (C=O) groups excluding carboxylic acids is 1. The minimum atomic E-state index is -0.0554. The maximum Gasteiger partial charge on any atom is 0.244 e. The van der Waals surface area contributed by atoms with Gasteiger partial charge in [-0.1, -0.05) is 18.2 Å². The number of aryl methyl sites for hydroxylation is 1. The first-order chi connectivity index (χ1) is 12.2. The highest BCUT2D eigenvalue weighted by molar-refractivity contribution is 5.98. The van der Waals surface area contributed by atoms with Crippen molar-refractivity contribution in [2.24, 2.45) is 0 Å². The number of hydrogen-bond acceptors (Lipinski definition) is 4. The van der Waals surface area contributed by atoms with E-state index in [2.05, 4.69) is 34.9 Å². The standard InChI is InChI=1S/C20H31N3O2/c1-3-25-16-15-21-11-13-22(14-12-21)17(2)20(24)23-10-6-8-18-7-4-5-9-19(18)23/h4-5,7,9,17H,3,6,8,10-16H2,1-2H3. The summed E-state index contributed by atoms with van der Waals surface area (Å²) in [5.74, 6) is 0.245. The highest BCUT2D eigenvalue weighted by Crippen LogP contribution is 2.27. The van der Waals surface area contributed by atoms with Crippen LogP contribution in [0.4, 0.5) is 5.69 Å². The van der Waals surface area contributed by atoms with E-state index < -0.39 is 0 Å². The Morgan fingerprint density at radius 2 is 1.92 bits per heavy atom. The molecule has 5 heteroatoms. The van der Waals surface area contributed by atoms with Crippen molar-refractivity contribution in [1.82, 2.24) is 9.80 Å². The van der Waals surface area contributed by atoms with E-state index in [0.29, 0.717) is 0 Å². The Morgan fingerprint density at radius 1 is 1.16 bits per heavy atom. The summed E-state index contributed by atoms with van der Waals surface area (Å²) in [6, 6.07) is 8.28. The van der Waals surface area contributed by atoms with E-state index in [1.807, 2.05) is 17.9 Å². The van der Waals surface area contributed by atoms with Crippen LogP contribution in [0.25, 0.3) is 0 Å². The Morgan fingerprint density at radius 3 is 2.68 bits per heavy atom. The molecule has 138 valence electrons. The highest BCUT2D eigenvalue weighted by Gasteiger charge is 2.31. The molecule has 0 N–H and O–H groups in total. The number of piperazine rings is 1. The summed E-state index contributed by atoms with van der Waals surface area (Å²) in [5.41, 5.74) is 2.41. The van der Waals surface area contributed by atoms with Gasteiger partial charge in [0, 0.05) is 51.6 Å². The lowest BCUT2D eigenvalue weighted by molar-refractivity contribution is -0.124. The lowest BCUT2D eigenvalue weighted by Gasteiger charge is -2.40. The van der Waals surface area contributed by atoms with Crippen molar-refractivity contribution in [3.63, 3.8) is 0 Å². The number of amides is 1. The third-order valence-electron chi connectivity index (χ3n) is 5.44. The molecule has 1 saturated heterocycles. The molecular weight excluding hydrogens is 314 g/mol. The first kappa shape index (κ1) is 18.4. The fourth-order valence-electron chi connectivity index (χ4n) is 3.86. The van der Waals surface area contributed by atoms with E-state index in [9.17, 15) is 4.79 Å². The molecule has 0 radical (unpaired) electrons. The van der Waals surface area contributed by atoms with Crippen LogP contribution in [0.2, 0.25) is 0 Å². The second-order valence-electron chi connectivity index (χ2n) is 6.97. The number of ether oxygens (including phenoxy) is 1. The average molecular weight is 345 g/mol. The van der Waals surface area contributed by atoms with Gasteiger partial charge in [-0.15, -0.1) is 0 Å². The predicted molar refractivity (Wildman–Crippen MR) is 101 cm³/mol. The van der Waals surface area contributed by atoms with Gasteiger partial charge in [-0.3, -0.25) is 14.6 Å². The Bertz CT molecular complexity index is 570. The predicted octanol–water partition coefficient (Wildman–Crippen LogP) is 2.01. The molecule has 2 aliphatic heterocycles. The van der Waals surface area contributed by atoms with Crippen LogP contribution in [0.1, 0.15) is 25.8 Å².